The van der Waals surface area contributed by atoms with Crippen molar-refractivity contribution in [2.24, 2.45) is 5.92 Å². The molecule has 0 atom stereocenters. The second-order valence-corrected chi connectivity index (χ2v) is 7.29. The van der Waals surface area contributed by atoms with Crippen molar-refractivity contribution in [3.8, 4) is 0 Å². The first kappa shape index (κ1) is 21.4. The quantitative estimate of drug-likeness (QED) is 0.524. The van der Waals surface area contributed by atoms with Gasteiger partial charge in [-0.1, -0.05) is 0 Å². The predicted molar refractivity (Wildman–Crippen MR) is 102 cm³/mol. The summed E-state index contributed by atoms with van der Waals surface area (Å²) in [6.45, 7) is 9.42. The van der Waals surface area contributed by atoms with E-state index >= 15 is 0 Å². The highest BCUT2D eigenvalue weighted by atomic mass is 16.5. The Hall–Kier alpha value is -1.86. The van der Waals surface area contributed by atoms with Crippen LogP contribution in [-0.2, 0) is 20.8 Å². The van der Waals surface area contributed by atoms with Gasteiger partial charge in [0.05, 0.1) is 19.8 Å². The minimum absolute atomic E-state index is 0.0660. The highest BCUT2D eigenvalue weighted by Crippen LogP contribution is 2.22. The maximum atomic E-state index is 12.3. The first-order valence-corrected chi connectivity index (χ1v) is 9.70. The molecular formula is C20H32N2O5. The number of nitrogens with one attached hydrogen (secondary N) is 1. The summed E-state index contributed by atoms with van der Waals surface area (Å²) in [6, 6.07) is 1.75. The van der Waals surface area contributed by atoms with Crippen molar-refractivity contribution in [3.63, 3.8) is 0 Å². The molecule has 1 aromatic heterocycles. The lowest BCUT2D eigenvalue weighted by Crippen LogP contribution is -2.40. The summed E-state index contributed by atoms with van der Waals surface area (Å²) in [5, 5.41) is 3.01. The minimum atomic E-state index is -0.378. The van der Waals surface area contributed by atoms with Crippen LogP contribution in [-0.4, -0.2) is 56.2 Å². The van der Waals surface area contributed by atoms with E-state index in [4.69, 9.17) is 13.9 Å². The van der Waals surface area contributed by atoms with Gasteiger partial charge in [0, 0.05) is 19.1 Å². The average molecular weight is 380 g/mol. The molecule has 0 bridgehead atoms. The van der Waals surface area contributed by atoms with Gasteiger partial charge >= 0.3 is 5.97 Å². The lowest BCUT2D eigenvalue weighted by molar-refractivity contribution is -0.126. The number of rotatable bonds is 9. The van der Waals surface area contributed by atoms with Crippen LogP contribution in [0.5, 0.6) is 0 Å². The zero-order valence-corrected chi connectivity index (χ0v) is 16.9. The predicted octanol–water partition coefficient (Wildman–Crippen LogP) is 2.52. The number of hydrogen-bond acceptors (Lipinski definition) is 6. The molecule has 0 aromatic carbocycles. The van der Waals surface area contributed by atoms with Crippen molar-refractivity contribution in [3.05, 3.63) is 23.2 Å². The first-order chi connectivity index (χ1) is 12.9. The van der Waals surface area contributed by atoms with Crippen molar-refractivity contribution in [2.75, 3.05) is 33.4 Å². The van der Waals surface area contributed by atoms with Crippen molar-refractivity contribution in [1.29, 1.82) is 0 Å². The van der Waals surface area contributed by atoms with Crippen molar-refractivity contribution in [1.82, 2.24) is 10.2 Å². The molecule has 152 valence electrons. The van der Waals surface area contributed by atoms with Crippen molar-refractivity contribution >= 4 is 11.9 Å². The molecule has 1 N–H and O–H groups in total. The van der Waals surface area contributed by atoms with Crippen LogP contribution in [0.4, 0.5) is 0 Å². The molecule has 2 heterocycles. The maximum absolute atomic E-state index is 12.3. The standard InChI is InChI=1S/C20H32N2O5/c1-14(2)26-11-5-8-21-19(23)16-6-9-22(10-7-16)13-17-12-18(15(3)27-17)20(24)25-4/h12,14,16H,5-11,13H2,1-4H3,(H,21,23). The summed E-state index contributed by atoms with van der Waals surface area (Å²) >= 11 is 0. The van der Waals surface area contributed by atoms with Crippen LogP contribution < -0.4 is 5.32 Å². The van der Waals surface area contributed by atoms with Crippen LogP contribution in [0, 0.1) is 12.8 Å². The monoisotopic (exact) mass is 380 g/mol. The van der Waals surface area contributed by atoms with E-state index in [0.717, 1.165) is 38.1 Å². The van der Waals surface area contributed by atoms with E-state index in [2.05, 4.69) is 10.2 Å². The van der Waals surface area contributed by atoms with Gasteiger partial charge in [0.25, 0.3) is 0 Å². The summed E-state index contributed by atoms with van der Waals surface area (Å²) < 4.78 is 15.9. The van der Waals surface area contributed by atoms with Gasteiger partial charge in [0.15, 0.2) is 0 Å². The van der Waals surface area contributed by atoms with Gasteiger partial charge in [-0.3, -0.25) is 9.69 Å². The van der Waals surface area contributed by atoms with Gasteiger partial charge in [0.1, 0.15) is 17.1 Å². The third-order valence-electron chi connectivity index (χ3n) is 4.78. The Morgan fingerprint density at radius 2 is 2.04 bits per heavy atom. The fraction of sp³-hybridized carbons (Fsp3) is 0.700. The Morgan fingerprint density at radius 1 is 1.33 bits per heavy atom. The zero-order chi connectivity index (χ0) is 19.8. The summed E-state index contributed by atoms with van der Waals surface area (Å²) in [6.07, 6.45) is 2.73. The largest absolute Gasteiger partial charge is 0.465 e. The molecule has 0 saturated carbocycles. The molecule has 7 nitrogen and oxygen atoms in total. The summed E-state index contributed by atoms with van der Waals surface area (Å²) in [5.41, 5.74) is 0.475. The summed E-state index contributed by atoms with van der Waals surface area (Å²) in [7, 11) is 1.36. The van der Waals surface area contributed by atoms with Gasteiger partial charge in [-0.25, -0.2) is 4.79 Å². The number of aryl methyl sites for hydroxylation is 1. The number of ether oxygens (including phenoxy) is 2. The van der Waals surface area contributed by atoms with Gasteiger partial charge in [0.2, 0.25) is 5.91 Å². The molecule has 2 rings (SSSR count). The molecule has 7 heteroatoms. The zero-order valence-electron chi connectivity index (χ0n) is 16.9. The second-order valence-electron chi connectivity index (χ2n) is 7.29. The average Bonchev–Trinajstić information content (AvgIpc) is 3.01. The number of carbonyl (C=O) groups is 2. The molecule has 1 amide bonds. The van der Waals surface area contributed by atoms with Crippen LogP contribution in [0.25, 0.3) is 0 Å². The number of carbonyl (C=O) groups excluding carboxylic acids is 2. The highest BCUT2D eigenvalue weighted by Gasteiger charge is 2.26. The lowest BCUT2D eigenvalue weighted by Gasteiger charge is -2.30. The molecule has 1 aliphatic heterocycles. The lowest BCUT2D eigenvalue weighted by atomic mass is 9.96. The summed E-state index contributed by atoms with van der Waals surface area (Å²) in [5.74, 6) is 1.16. The third kappa shape index (κ3) is 6.66. The van der Waals surface area contributed by atoms with Crippen LogP contribution in [0.3, 0.4) is 0 Å². The van der Waals surface area contributed by atoms with Crippen molar-refractivity contribution < 1.29 is 23.5 Å². The van der Waals surface area contributed by atoms with E-state index in [1.54, 1.807) is 13.0 Å². The van der Waals surface area contributed by atoms with Crippen LogP contribution in [0.1, 0.15) is 55.0 Å². The smallest absolute Gasteiger partial charge is 0.341 e. The number of hydrogen-bond donors (Lipinski definition) is 1. The first-order valence-electron chi connectivity index (χ1n) is 9.70. The molecule has 0 aliphatic carbocycles. The Labute approximate surface area is 161 Å². The fourth-order valence-corrected chi connectivity index (χ4v) is 3.26. The van der Waals surface area contributed by atoms with Crippen molar-refractivity contribution in [2.45, 2.75) is 52.7 Å². The summed E-state index contributed by atoms with van der Waals surface area (Å²) in [4.78, 5) is 26.2. The van der Waals surface area contributed by atoms with Gasteiger partial charge in [-0.2, -0.15) is 0 Å². The van der Waals surface area contributed by atoms with E-state index in [9.17, 15) is 9.59 Å². The number of methoxy groups -OCH3 is 1. The fourth-order valence-electron chi connectivity index (χ4n) is 3.26. The van der Waals surface area contributed by atoms with E-state index in [-0.39, 0.29) is 23.9 Å². The molecule has 0 radical (unpaired) electrons. The second kappa shape index (κ2) is 10.5. The topological polar surface area (TPSA) is 81.0 Å². The molecule has 1 aromatic rings. The van der Waals surface area contributed by atoms with E-state index < -0.39 is 0 Å². The SMILES string of the molecule is COC(=O)c1cc(CN2CCC(C(=O)NCCCOC(C)C)CC2)oc1C. The van der Waals surface area contributed by atoms with Gasteiger partial charge < -0.3 is 19.2 Å². The molecule has 27 heavy (non-hydrogen) atoms. The van der Waals surface area contributed by atoms with E-state index in [1.165, 1.54) is 7.11 Å². The van der Waals surface area contributed by atoms with E-state index in [1.807, 2.05) is 13.8 Å². The Kier molecular flexibility index (Phi) is 8.31. The number of piperidine rings is 1. The van der Waals surface area contributed by atoms with Gasteiger partial charge in [-0.05, 0) is 59.2 Å². The minimum Gasteiger partial charge on any atom is -0.465 e. The molecule has 0 spiro atoms. The Morgan fingerprint density at radius 3 is 2.67 bits per heavy atom. The number of likely N-dealkylation sites (tertiary alicyclic amines) is 1. The Balaban J connectivity index is 1.70. The molecular weight excluding hydrogens is 348 g/mol. The highest BCUT2D eigenvalue weighted by molar-refractivity contribution is 5.90. The number of nitrogens with zero attached hydrogens (tertiary/aromatic N) is 1. The Bertz CT molecular complexity index is 618. The molecule has 1 aliphatic rings. The number of amides is 1. The third-order valence-corrected chi connectivity index (χ3v) is 4.78. The van der Waals surface area contributed by atoms with Crippen LogP contribution >= 0.6 is 0 Å². The van der Waals surface area contributed by atoms with Crippen LogP contribution in [0.2, 0.25) is 0 Å². The molecule has 0 unspecified atom stereocenters. The van der Waals surface area contributed by atoms with E-state index in [0.29, 0.717) is 31.0 Å². The molecule has 1 fully saturated rings. The molecule has 1 saturated heterocycles. The number of furan rings is 1. The van der Waals surface area contributed by atoms with Gasteiger partial charge in [-0.15, -0.1) is 0 Å². The number of esters is 1. The maximum Gasteiger partial charge on any atom is 0.341 e. The normalized spacial score (nSPS) is 15.9. The van der Waals surface area contributed by atoms with Crippen LogP contribution in [0.15, 0.2) is 10.5 Å².